The number of fused-ring (bicyclic) bond motifs is 2. The van der Waals surface area contributed by atoms with E-state index in [0.29, 0.717) is 18.1 Å². The van der Waals surface area contributed by atoms with Crippen molar-refractivity contribution in [2.45, 2.75) is 50.7 Å². The summed E-state index contributed by atoms with van der Waals surface area (Å²) in [5.74, 6) is 0. The minimum Gasteiger partial charge on any atom is -0.311 e. The number of hydrogen-bond donors (Lipinski definition) is 1. The summed E-state index contributed by atoms with van der Waals surface area (Å²) >= 11 is 3.42. The molecule has 2 aliphatic heterocycles. The van der Waals surface area contributed by atoms with Gasteiger partial charge >= 0.3 is 0 Å². The summed E-state index contributed by atoms with van der Waals surface area (Å²) in [4.78, 5) is 0. The van der Waals surface area contributed by atoms with E-state index in [1.165, 1.54) is 25.7 Å². The van der Waals surface area contributed by atoms with Crippen LogP contribution in [0.2, 0.25) is 0 Å². The van der Waals surface area contributed by atoms with E-state index in [0.717, 1.165) is 10.3 Å². The van der Waals surface area contributed by atoms with Crippen molar-refractivity contribution in [3.8, 4) is 0 Å². The van der Waals surface area contributed by atoms with Gasteiger partial charge in [0.05, 0.1) is 11.7 Å². The molecule has 16 heavy (non-hydrogen) atoms. The number of nitrogens with one attached hydrogen (secondary N) is 1. The molecule has 3 rings (SSSR count). The molecule has 0 amide bonds. The second kappa shape index (κ2) is 4.63. The first-order valence-electron chi connectivity index (χ1n) is 5.57. The highest BCUT2D eigenvalue weighted by Gasteiger charge is 2.35. The van der Waals surface area contributed by atoms with Crippen molar-refractivity contribution in [3.05, 3.63) is 10.3 Å². The van der Waals surface area contributed by atoms with Crippen LogP contribution in [0.4, 0.5) is 0 Å². The Morgan fingerprint density at radius 3 is 2.44 bits per heavy atom. The van der Waals surface area contributed by atoms with Crippen LogP contribution in [-0.2, 0) is 0 Å². The lowest BCUT2D eigenvalue weighted by Gasteiger charge is -2.29. The lowest BCUT2D eigenvalue weighted by atomic mass is 10.00. The van der Waals surface area contributed by atoms with E-state index in [1.54, 1.807) is 0 Å². The molecule has 1 N–H and O–H groups in total. The monoisotopic (exact) mass is 306 g/mol. The van der Waals surface area contributed by atoms with E-state index in [-0.39, 0.29) is 12.4 Å². The SMILES string of the molecule is Cc1c(Br)nnn1C1C[C@H]2CC[C@@H](C1)N2.Cl. The Labute approximate surface area is 110 Å². The number of nitrogens with zero attached hydrogens (tertiary/aromatic N) is 3. The highest BCUT2D eigenvalue weighted by Crippen LogP contribution is 2.34. The Balaban J connectivity index is 0.000000963. The third-order valence-corrected chi connectivity index (χ3v) is 4.40. The molecule has 2 fully saturated rings. The first-order valence-corrected chi connectivity index (χ1v) is 6.36. The van der Waals surface area contributed by atoms with Gasteiger partial charge < -0.3 is 5.32 Å². The van der Waals surface area contributed by atoms with Gasteiger partial charge in [0.25, 0.3) is 0 Å². The minimum atomic E-state index is 0. The maximum Gasteiger partial charge on any atom is 0.151 e. The molecule has 90 valence electrons. The van der Waals surface area contributed by atoms with Crippen LogP contribution in [0.1, 0.15) is 37.4 Å². The third kappa shape index (κ3) is 2.00. The molecule has 1 aromatic heterocycles. The molecule has 3 heterocycles. The summed E-state index contributed by atoms with van der Waals surface area (Å²) in [5, 5.41) is 11.9. The second-order valence-electron chi connectivity index (χ2n) is 4.67. The molecule has 6 heteroatoms. The quantitative estimate of drug-likeness (QED) is 0.865. The van der Waals surface area contributed by atoms with Crippen LogP contribution in [0.15, 0.2) is 4.60 Å². The standard InChI is InChI=1S/C10H15BrN4.ClH/c1-6-10(11)13-14-15(6)9-4-7-2-3-8(5-9)12-7;/h7-9,12H,2-5H2,1H3;1H/t7-,8+,9?;. The Hall–Kier alpha value is -0.130. The van der Waals surface area contributed by atoms with Gasteiger partial charge in [0.2, 0.25) is 0 Å². The molecule has 0 radical (unpaired) electrons. The number of rotatable bonds is 1. The zero-order valence-corrected chi connectivity index (χ0v) is 11.6. The van der Waals surface area contributed by atoms with Gasteiger partial charge in [-0.1, -0.05) is 5.21 Å². The van der Waals surface area contributed by atoms with Crippen molar-refractivity contribution in [2.24, 2.45) is 0 Å². The maximum atomic E-state index is 4.23. The van der Waals surface area contributed by atoms with Crippen molar-refractivity contribution in [1.82, 2.24) is 20.3 Å². The average molecular weight is 308 g/mol. The van der Waals surface area contributed by atoms with Gasteiger partial charge in [0.15, 0.2) is 4.60 Å². The van der Waals surface area contributed by atoms with E-state index >= 15 is 0 Å². The maximum absolute atomic E-state index is 4.23. The summed E-state index contributed by atoms with van der Waals surface area (Å²) in [5.41, 5.74) is 1.15. The molecule has 0 aliphatic carbocycles. The average Bonchev–Trinajstić information content (AvgIpc) is 2.73. The van der Waals surface area contributed by atoms with Gasteiger partial charge in [-0.05, 0) is 48.5 Å². The van der Waals surface area contributed by atoms with Crippen LogP contribution < -0.4 is 5.32 Å². The minimum absolute atomic E-state index is 0. The van der Waals surface area contributed by atoms with Crippen molar-refractivity contribution >= 4 is 28.3 Å². The van der Waals surface area contributed by atoms with Gasteiger partial charge in [-0.3, -0.25) is 0 Å². The predicted octanol–water partition coefficient (Wildman–Crippen LogP) is 2.23. The fourth-order valence-electron chi connectivity index (χ4n) is 2.90. The molecule has 1 aromatic rings. The number of aromatic nitrogens is 3. The fraction of sp³-hybridized carbons (Fsp3) is 0.800. The van der Waals surface area contributed by atoms with Crippen molar-refractivity contribution in [1.29, 1.82) is 0 Å². The number of piperidine rings is 1. The van der Waals surface area contributed by atoms with Gasteiger partial charge in [0.1, 0.15) is 0 Å². The summed E-state index contributed by atoms with van der Waals surface area (Å²) in [6, 6.07) is 1.95. The Morgan fingerprint density at radius 1 is 1.31 bits per heavy atom. The van der Waals surface area contributed by atoms with Gasteiger partial charge in [-0.15, -0.1) is 17.5 Å². The molecular weight excluding hydrogens is 291 g/mol. The fourth-order valence-corrected chi connectivity index (χ4v) is 3.15. The number of halogens is 2. The summed E-state index contributed by atoms with van der Waals surface area (Å²) in [6.07, 6.45) is 5.06. The summed E-state index contributed by atoms with van der Waals surface area (Å²) in [6.45, 7) is 2.08. The Bertz CT molecular complexity index is 369. The van der Waals surface area contributed by atoms with E-state index < -0.39 is 0 Å². The van der Waals surface area contributed by atoms with Crippen molar-refractivity contribution < 1.29 is 0 Å². The molecule has 2 bridgehead atoms. The van der Waals surface area contributed by atoms with Crippen LogP contribution in [0.5, 0.6) is 0 Å². The van der Waals surface area contributed by atoms with Crippen LogP contribution in [0, 0.1) is 6.92 Å². The highest BCUT2D eigenvalue weighted by molar-refractivity contribution is 9.10. The first-order chi connectivity index (χ1) is 7.24. The highest BCUT2D eigenvalue weighted by atomic mass is 79.9. The molecule has 2 saturated heterocycles. The molecule has 2 aliphatic rings. The normalized spacial score (nSPS) is 32.5. The third-order valence-electron chi connectivity index (χ3n) is 3.67. The number of hydrogen-bond acceptors (Lipinski definition) is 3. The topological polar surface area (TPSA) is 42.7 Å². The molecule has 1 unspecified atom stereocenters. The van der Waals surface area contributed by atoms with Gasteiger partial charge in [-0.25, -0.2) is 4.68 Å². The van der Waals surface area contributed by atoms with E-state index in [1.807, 2.05) is 0 Å². The first kappa shape index (κ1) is 12.3. The zero-order valence-electron chi connectivity index (χ0n) is 9.19. The van der Waals surface area contributed by atoms with E-state index in [4.69, 9.17) is 0 Å². The van der Waals surface area contributed by atoms with Crippen molar-refractivity contribution in [3.63, 3.8) is 0 Å². The van der Waals surface area contributed by atoms with Crippen LogP contribution in [0.3, 0.4) is 0 Å². The van der Waals surface area contributed by atoms with Crippen LogP contribution in [-0.4, -0.2) is 27.1 Å². The summed E-state index contributed by atoms with van der Waals surface area (Å²) < 4.78 is 2.98. The molecular formula is C10H16BrClN4. The Morgan fingerprint density at radius 2 is 1.94 bits per heavy atom. The van der Waals surface area contributed by atoms with E-state index in [2.05, 4.69) is 43.2 Å². The van der Waals surface area contributed by atoms with Gasteiger partial charge in [0, 0.05) is 12.1 Å². The van der Waals surface area contributed by atoms with Gasteiger partial charge in [-0.2, -0.15) is 0 Å². The summed E-state index contributed by atoms with van der Waals surface area (Å²) in [7, 11) is 0. The zero-order chi connectivity index (χ0) is 10.4. The molecule has 0 aromatic carbocycles. The Kier molecular flexibility index (Phi) is 3.56. The predicted molar refractivity (Wildman–Crippen MR) is 67.9 cm³/mol. The largest absolute Gasteiger partial charge is 0.311 e. The van der Waals surface area contributed by atoms with E-state index in [9.17, 15) is 0 Å². The second-order valence-corrected chi connectivity index (χ2v) is 5.42. The lowest BCUT2D eigenvalue weighted by molar-refractivity contribution is 0.275. The van der Waals surface area contributed by atoms with Crippen molar-refractivity contribution in [2.75, 3.05) is 0 Å². The smallest absolute Gasteiger partial charge is 0.151 e. The lowest BCUT2D eigenvalue weighted by Crippen LogP contribution is -2.39. The van der Waals surface area contributed by atoms with Crippen LogP contribution >= 0.6 is 28.3 Å². The molecule has 3 atom stereocenters. The molecule has 4 nitrogen and oxygen atoms in total. The molecule has 0 spiro atoms. The molecule has 0 saturated carbocycles. The van der Waals surface area contributed by atoms with Crippen LogP contribution in [0.25, 0.3) is 0 Å².